The van der Waals surface area contributed by atoms with Gasteiger partial charge in [0.15, 0.2) is 0 Å². The Bertz CT molecular complexity index is 447. The van der Waals surface area contributed by atoms with Gasteiger partial charge < -0.3 is 28.7 Å². The molecule has 1 heterocycles. The van der Waals surface area contributed by atoms with Gasteiger partial charge in [-0.1, -0.05) is 0 Å². The van der Waals surface area contributed by atoms with Crippen molar-refractivity contribution in [3.05, 3.63) is 0 Å². The Morgan fingerprint density at radius 1 is 1.00 bits per heavy atom. The van der Waals surface area contributed by atoms with E-state index in [0.717, 1.165) is 19.6 Å². The molecule has 1 aliphatic rings. The minimum absolute atomic E-state index is 0.225. The molecule has 1 saturated heterocycles. The number of methoxy groups -OCH3 is 1. The van der Waals surface area contributed by atoms with Crippen LogP contribution in [0.25, 0.3) is 0 Å². The number of rotatable bonds is 9. The first-order chi connectivity index (χ1) is 12.7. The number of nitrogens with zero attached hydrogens (tertiary/aromatic N) is 3. The van der Waals surface area contributed by atoms with Gasteiger partial charge in [0.1, 0.15) is 12.2 Å². The third-order valence-corrected chi connectivity index (χ3v) is 3.97. The SMILES string of the molecule is COCCN(C)C(=O)OCCOCCN1CCN(C(=O)OC(C)(C)C)CC1. The van der Waals surface area contributed by atoms with Crippen LogP contribution in [-0.4, -0.2) is 112 Å². The summed E-state index contributed by atoms with van der Waals surface area (Å²) in [6, 6.07) is 0. The molecule has 9 heteroatoms. The number of hydrogen-bond donors (Lipinski definition) is 0. The van der Waals surface area contributed by atoms with E-state index in [1.165, 1.54) is 4.90 Å². The van der Waals surface area contributed by atoms with Gasteiger partial charge in [0.05, 0.1) is 19.8 Å². The second-order valence-corrected chi connectivity index (χ2v) is 7.45. The van der Waals surface area contributed by atoms with Crippen molar-refractivity contribution in [3.63, 3.8) is 0 Å². The van der Waals surface area contributed by atoms with E-state index in [1.54, 1.807) is 19.1 Å². The molecule has 0 saturated carbocycles. The van der Waals surface area contributed by atoms with Gasteiger partial charge in [-0.25, -0.2) is 9.59 Å². The van der Waals surface area contributed by atoms with Gasteiger partial charge in [-0.2, -0.15) is 0 Å². The predicted molar refractivity (Wildman–Crippen MR) is 101 cm³/mol. The second kappa shape index (κ2) is 12.0. The molecule has 27 heavy (non-hydrogen) atoms. The lowest BCUT2D eigenvalue weighted by molar-refractivity contribution is 0.00942. The molecule has 9 nitrogen and oxygen atoms in total. The van der Waals surface area contributed by atoms with Crippen molar-refractivity contribution < 1.29 is 28.5 Å². The van der Waals surface area contributed by atoms with Crippen molar-refractivity contribution in [2.75, 3.05) is 79.9 Å². The highest BCUT2D eigenvalue weighted by atomic mass is 16.6. The van der Waals surface area contributed by atoms with Gasteiger partial charge in [0, 0.05) is 53.4 Å². The van der Waals surface area contributed by atoms with Crippen molar-refractivity contribution >= 4 is 12.2 Å². The summed E-state index contributed by atoms with van der Waals surface area (Å²) in [6.45, 7) is 11.4. The Morgan fingerprint density at radius 3 is 2.26 bits per heavy atom. The zero-order valence-corrected chi connectivity index (χ0v) is 17.4. The average molecular weight is 389 g/mol. The molecule has 0 aromatic carbocycles. The van der Waals surface area contributed by atoms with Crippen molar-refractivity contribution in [2.45, 2.75) is 26.4 Å². The normalized spacial score (nSPS) is 15.5. The number of likely N-dealkylation sites (N-methyl/N-ethyl adjacent to an activating group) is 1. The summed E-state index contributed by atoms with van der Waals surface area (Å²) in [7, 11) is 3.25. The summed E-state index contributed by atoms with van der Waals surface area (Å²) >= 11 is 0. The summed E-state index contributed by atoms with van der Waals surface area (Å²) in [4.78, 5) is 29.1. The molecule has 0 aromatic heterocycles. The van der Waals surface area contributed by atoms with Crippen LogP contribution in [0.4, 0.5) is 9.59 Å². The molecule has 0 aromatic rings. The van der Waals surface area contributed by atoms with Crippen LogP contribution in [0, 0.1) is 0 Å². The van der Waals surface area contributed by atoms with E-state index in [0.29, 0.717) is 39.5 Å². The first kappa shape index (κ1) is 23.5. The first-order valence-electron chi connectivity index (χ1n) is 9.38. The van der Waals surface area contributed by atoms with Crippen molar-refractivity contribution in [1.29, 1.82) is 0 Å². The Labute approximate surface area is 162 Å². The third-order valence-electron chi connectivity index (χ3n) is 3.97. The highest BCUT2D eigenvalue weighted by Crippen LogP contribution is 2.11. The molecular weight excluding hydrogens is 354 g/mol. The first-order valence-corrected chi connectivity index (χ1v) is 9.38. The minimum atomic E-state index is -0.468. The Balaban J connectivity index is 2.06. The van der Waals surface area contributed by atoms with E-state index < -0.39 is 5.60 Å². The molecule has 2 amide bonds. The van der Waals surface area contributed by atoms with E-state index >= 15 is 0 Å². The minimum Gasteiger partial charge on any atom is -0.447 e. The lowest BCUT2D eigenvalue weighted by atomic mass is 10.2. The van der Waals surface area contributed by atoms with E-state index in [1.807, 2.05) is 20.8 Å². The Kier molecular flexibility index (Phi) is 10.4. The standard InChI is InChI=1S/C18H35N3O6/c1-18(2,3)27-17(23)21-8-6-20(7-9-21)11-13-25-14-15-26-16(22)19(4)10-12-24-5/h6-15H2,1-5H3. The molecule has 158 valence electrons. The summed E-state index contributed by atoms with van der Waals surface area (Å²) < 4.78 is 20.9. The van der Waals surface area contributed by atoms with E-state index in [-0.39, 0.29) is 18.8 Å². The van der Waals surface area contributed by atoms with Crippen LogP contribution in [-0.2, 0) is 18.9 Å². The smallest absolute Gasteiger partial charge is 0.410 e. The number of carbonyl (C=O) groups excluding carboxylic acids is 2. The monoisotopic (exact) mass is 389 g/mol. The molecule has 0 N–H and O–H groups in total. The van der Waals surface area contributed by atoms with Gasteiger partial charge in [-0.05, 0) is 20.8 Å². The molecule has 0 aliphatic carbocycles. The maximum Gasteiger partial charge on any atom is 0.410 e. The highest BCUT2D eigenvalue weighted by molar-refractivity contribution is 5.68. The number of hydrogen-bond acceptors (Lipinski definition) is 7. The van der Waals surface area contributed by atoms with E-state index in [9.17, 15) is 9.59 Å². The van der Waals surface area contributed by atoms with Crippen LogP contribution in [0.2, 0.25) is 0 Å². The largest absolute Gasteiger partial charge is 0.447 e. The predicted octanol–water partition coefficient (Wildman–Crippen LogP) is 1.27. The molecule has 1 aliphatic heterocycles. The lowest BCUT2D eigenvalue weighted by Crippen LogP contribution is -2.50. The topological polar surface area (TPSA) is 80.8 Å². The number of piperazine rings is 1. The molecule has 0 bridgehead atoms. The summed E-state index contributed by atoms with van der Waals surface area (Å²) in [6.07, 6.45) is -0.635. The molecule has 0 atom stereocenters. The van der Waals surface area contributed by atoms with Gasteiger partial charge in [-0.3, -0.25) is 4.90 Å². The Hall–Kier alpha value is -1.58. The fraction of sp³-hybridized carbons (Fsp3) is 0.889. The van der Waals surface area contributed by atoms with Crippen LogP contribution >= 0.6 is 0 Å². The Morgan fingerprint density at radius 2 is 1.67 bits per heavy atom. The van der Waals surface area contributed by atoms with E-state index in [4.69, 9.17) is 18.9 Å². The zero-order valence-electron chi connectivity index (χ0n) is 17.4. The van der Waals surface area contributed by atoms with Crippen LogP contribution in [0.15, 0.2) is 0 Å². The fourth-order valence-corrected chi connectivity index (χ4v) is 2.39. The number of carbonyl (C=O) groups is 2. The molecule has 0 radical (unpaired) electrons. The van der Waals surface area contributed by atoms with Gasteiger partial charge in [0.2, 0.25) is 0 Å². The summed E-state index contributed by atoms with van der Waals surface area (Å²) in [5.41, 5.74) is -0.468. The highest BCUT2D eigenvalue weighted by Gasteiger charge is 2.25. The maximum absolute atomic E-state index is 12.0. The van der Waals surface area contributed by atoms with Crippen molar-refractivity contribution in [2.24, 2.45) is 0 Å². The van der Waals surface area contributed by atoms with Crippen LogP contribution in [0.3, 0.4) is 0 Å². The van der Waals surface area contributed by atoms with Crippen LogP contribution in [0.5, 0.6) is 0 Å². The average Bonchev–Trinajstić information content (AvgIpc) is 2.61. The summed E-state index contributed by atoms with van der Waals surface area (Å²) in [5.74, 6) is 0. The van der Waals surface area contributed by atoms with Crippen molar-refractivity contribution in [3.8, 4) is 0 Å². The third kappa shape index (κ3) is 10.4. The zero-order chi connectivity index (χ0) is 20.3. The lowest BCUT2D eigenvalue weighted by Gasteiger charge is -2.35. The maximum atomic E-state index is 12.0. The van der Waals surface area contributed by atoms with Gasteiger partial charge in [-0.15, -0.1) is 0 Å². The van der Waals surface area contributed by atoms with Gasteiger partial charge in [0.25, 0.3) is 0 Å². The quantitative estimate of drug-likeness (QED) is 0.549. The van der Waals surface area contributed by atoms with E-state index in [2.05, 4.69) is 4.90 Å². The number of amides is 2. The molecular formula is C18H35N3O6. The van der Waals surface area contributed by atoms with Gasteiger partial charge >= 0.3 is 12.2 Å². The summed E-state index contributed by atoms with van der Waals surface area (Å²) in [5, 5.41) is 0. The molecule has 0 unspecified atom stereocenters. The molecule has 1 fully saturated rings. The molecule has 0 spiro atoms. The molecule has 1 rings (SSSR count). The number of ether oxygens (including phenoxy) is 4. The van der Waals surface area contributed by atoms with Crippen LogP contribution in [0.1, 0.15) is 20.8 Å². The second-order valence-electron chi connectivity index (χ2n) is 7.45. The van der Waals surface area contributed by atoms with Crippen molar-refractivity contribution in [1.82, 2.24) is 14.7 Å². The van der Waals surface area contributed by atoms with Crippen LogP contribution < -0.4 is 0 Å². The fourth-order valence-electron chi connectivity index (χ4n) is 2.39.